The zero-order chi connectivity index (χ0) is 12.6. The molecule has 0 aliphatic heterocycles. The Morgan fingerprint density at radius 2 is 2.22 bits per heavy atom. The fourth-order valence-corrected chi connectivity index (χ4v) is 2.54. The van der Waals surface area contributed by atoms with E-state index in [0.29, 0.717) is 6.10 Å². The molecular formula is C14H25N3O. The quantitative estimate of drug-likeness (QED) is 0.756. The minimum Gasteiger partial charge on any atom is -0.377 e. The summed E-state index contributed by atoms with van der Waals surface area (Å²) in [5, 5.41) is 7.67. The maximum Gasteiger partial charge on any atom is 0.0594 e. The number of aromatic nitrogens is 2. The molecule has 2 rings (SSSR count). The number of rotatable bonds is 7. The molecule has 1 aliphatic rings. The zero-order valence-electron chi connectivity index (χ0n) is 11.4. The molecule has 4 nitrogen and oxygen atoms in total. The second-order valence-electron chi connectivity index (χ2n) is 4.95. The number of nitrogens with one attached hydrogen (secondary N) is 1. The van der Waals surface area contributed by atoms with Crippen molar-refractivity contribution in [3.8, 4) is 0 Å². The van der Waals surface area contributed by atoms with Crippen LogP contribution in [0.1, 0.15) is 44.7 Å². The summed E-state index contributed by atoms with van der Waals surface area (Å²) >= 11 is 0. The summed E-state index contributed by atoms with van der Waals surface area (Å²) in [7, 11) is 0. The van der Waals surface area contributed by atoms with Gasteiger partial charge in [0.15, 0.2) is 0 Å². The Hall–Kier alpha value is -0.870. The monoisotopic (exact) mass is 251 g/mol. The van der Waals surface area contributed by atoms with Crippen molar-refractivity contribution >= 4 is 0 Å². The van der Waals surface area contributed by atoms with E-state index in [-0.39, 0.29) is 0 Å². The molecule has 1 aromatic rings. The molecule has 0 saturated heterocycles. The van der Waals surface area contributed by atoms with Gasteiger partial charge in [0.2, 0.25) is 0 Å². The van der Waals surface area contributed by atoms with Crippen LogP contribution in [0.25, 0.3) is 0 Å². The van der Waals surface area contributed by atoms with Gasteiger partial charge in [-0.15, -0.1) is 0 Å². The molecule has 1 N–H and O–H groups in total. The van der Waals surface area contributed by atoms with E-state index >= 15 is 0 Å². The fraction of sp³-hybridized carbons (Fsp3) is 0.786. The summed E-state index contributed by atoms with van der Waals surface area (Å²) in [6, 6.07) is 2.07. The van der Waals surface area contributed by atoms with Crippen LogP contribution in [0, 0.1) is 0 Å². The highest BCUT2D eigenvalue weighted by Gasteiger charge is 2.12. The smallest absolute Gasteiger partial charge is 0.0594 e. The standard InChI is InChI=1S/C14H25N3O/c1-2-17-13(8-9-16-17)12-15-10-11-18-14-6-4-3-5-7-14/h8-9,14-15H,2-7,10-12H2,1H3. The van der Waals surface area contributed by atoms with Crippen molar-refractivity contribution in [1.82, 2.24) is 15.1 Å². The molecule has 1 heterocycles. The van der Waals surface area contributed by atoms with Gasteiger partial charge in [-0.1, -0.05) is 19.3 Å². The zero-order valence-corrected chi connectivity index (χ0v) is 11.4. The molecule has 1 aliphatic carbocycles. The van der Waals surface area contributed by atoms with E-state index in [9.17, 15) is 0 Å². The van der Waals surface area contributed by atoms with Gasteiger partial charge in [-0.25, -0.2) is 0 Å². The summed E-state index contributed by atoms with van der Waals surface area (Å²) in [6.45, 7) is 5.67. The molecule has 4 heteroatoms. The van der Waals surface area contributed by atoms with Crippen molar-refractivity contribution in [1.29, 1.82) is 0 Å². The van der Waals surface area contributed by atoms with E-state index in [1.807, 2.05) is 10.9 Å². The summed E-state index contributed by atoms with van der Waals surface area (Å²) in [5.41, 5.74) is 1.25. The Labute approximate surface area is 110 Å². The average Bonchev–Trinajstić information content (AvgIpc) is 2.87. The molecule has 0 aromatic carbocycles. The van der Waals surface area contributed by atoms with E-state index in [1.54, 1.807) is 0 Å². The molecule has 1 saturated carbocycles. The second kappa shape index (κ2) is 7.54. The summed E-state index contributed by atoms with van der Waals surface area (Å²) in [6.07, 6.45) is 8.95. The second-order valence-corrected chi connectivity index (χ2v) is 4.95. The number of nitrogens with zero attached hydrogens (tertiary/aromatic N) is 2. The van der Waals surface area contributed by atoms with Crippen LogP contribution in [-0.4, -0.2) is 29.0 Å². The SMILES string of the molecule is CCn1nccc1CNCCOC1CCCCC1. The van der Waals surface area contributed by atoms with Crippen LogP contribution in [-0.2, 0) is 17.8 Å². The lowest BCUT2D eigenvalue weighted by molar-refractivity contribution is 0.0302. The molecule has 0 unspecified atom stereocenters. The van der Waals surface area contributed by atoms with Gasteiger partial charge in [0, 0.05) is 25.8 Å². The highest BCUT2D eigenvalue weighted by Crippen LogP contribution is 2.19. The first kappa shape index (κ1) is 13.6. The third kappa shape index (κ3) is 4.10. The first-order valence-electron chi connectivity index (χ1n) is 7.23. The topological polar surface area (TPSA) is 39.1 Å². The van der Waals surface area contributed by atoms with Crippen LogP contribution >= 0.6 is 0 Å². The minimum absolute atomic E-state index is 0.515. The predicted octanol–water partition coefficient (Wildman–Crippen LogP) is 2.34. The summed E-state index contributed by atoms with van der Waals surface area (Å²) < 4.78 is 7.90. The molecule has 1 fully saturated rings. The van der Waals surface area contributed by atoms with Gasteiger partial charge in [-0.05, 0) is 25.8 Å². The molecule has 0 radical (unpaired) electrons. The molecule has 0 amide bonds. The Morgan fingerprint density at radius 3 is 3.00 bits per heavy atom. The maximum atomic E-state index is 5.87. The van der Waals surface area contributed by atoms with Crippen LogP contribution in [0.15, 0.2) is 12.3 Å². The Balaban J connectivity index is 1.55. The van der Waals surface area contributed by atoms with Gasteiger partial charge in [-0.3, -0.25) is 4.68 Å². The van der Waals surface area contributed by atoms with Gasteiger partial charge in [-0.2, -0.15) is 5.10 Å². The number of hydrogen-bond acceptors (Lipinski definition) is 3. The van der Waals surface area contributed by atoms with Crippen molar-refractivity contribution in [3.05, 3.63) is 18.0 Å². The lowest BCUT2D eigenvalue weighted by Gasteiger charge is -2.22. The highest BCUT2D eigenvalue weighted by atomic mass is 16.5. The Bertz CT molecular complexity index is 332. The molecule has 0 atom stereocenters. The predicted molar refractivity (Wildman–Crippen MR) is 72.4 cm³/mol. The number of ether oxygens (including phenoxy) is 1. The van der Waals surface area contributed by atoms with E-state index in [4.69, 9.17) is 4.74 Å². The normalized spacial score (nSPS) is 17.2. The Morgan fingerprint density at radius 1 is 1.39 bits per heavy atom. The van der Waals surface area contributed by atoms with Crippen molar-refractivity contribution < 1.29 is 4.74 Å². The fourth-order valence-electron chi connectivity index (χ4n) is 2.54. The average molecular weight is 251 g/mol. The molecule has 18 heavy (non-hydrogen) atoms. The summed E-state index contributed by atoms with van der Waals surface area (Å²) in [5.74, 6) is 0. The summed E-state index contributed by atoms with van der Waals surface area (Å²) in [4.78, 5) is 0. The largest absolute Gasteiger partial charge is 0.377 e. The lowest BCUT2D eigenvalue weighted by Crippen LogP contribution is -2.25. The Kier molecular flexibility index (Phi) is 5.68. The first-order valence-corrected chi connectivity index (χ1v) is 7.23. The molecule has 0 spiro atoms. The molecule has 0 bridgehead atoms. The minimum atomic E-state index is 0.515. The van der Waals surface area contributed by atoms with E-state index < -0.39 is 0 Å². The van der Waals surface area contributed by atoms with Crippen LogP contribution in [0.5, 0.6) is 0 Å². The van der Waals surface area contributed by atoms with Gasteiger partial charge in [0.05, 0.1) is 18.4 Å². The van der Waals surface area contributed by atoms with Crippen molar-refractivity contribution in [2.75, 3.05) is 13.2 Å². The van der Waals surface area contributed by atoms with Crippen LogP contribution < -0.4 is 5.32 Å². The van der Waals surface area contributed by atoms with Crippen molar-refractivity contribution in [3.63, 3.8) is 0 Å². The van der Waals surface area contributed by atoms with Crippen molar-refractivity contribution in [2.24, 2.45) is 0 Å². The van der Waals surface area contributed by atoms with E-state index in [0.717, 1.165) is 26.2 Å². The third-order valence-corrected chi connectivity index (χ3v) is 3.59. The van der Waals surface area contributed by atoms with Gasteiger partial charge >= 0.3 is 0 Å². The van der Waals surface area contributed by atoms with Crippen LogP contribution in [0.3, 0.4) is 0 Å². The molecule has 102 valence electrons. The van der Waals surface area contributed by atoms with E-state index in [2.05, 4.69) is 23.4 Å². The van der Waals surface area contributed by atoms with Gasteiger partial charge < -0.3 is 10.1 Å². The maximum absolute atomic E-state index is 5.87. The van der Waals surface area contributed by atoms with Gasteiger partial charge in [0.1, 0.15) is 0 Å². The van der Waals surface area contributed by atoms with Crippen LogP contribution in [0.4, 0.5) is 0 Å². The molecular weight excluding hydrogens is 226 g/mol. The third-order valence-electron chi connectivity index (χ3n) is 3.59. The number of hydrogen-bond donors (Lipinski definition) is 1. The first-order chi connectivity index (χ1) is 8.90. The van der Waals surface area contributed by atoms with E-state index in [1.165, 1.54) is 37.8 Å². The van der Waals surface area contributed by atoms with Crippen molar-refractivity contribution in [2.45, 2.75) is 58.2 Å². The molecule has 1 aromatic heterocycles. The lowest BCUT2D eigenvalue weighted by atomic mass is 9.98. The van der Waals surface area contributed by atoms with Gasteiger partial charge in [0.25, 0.3) is 0 Å². The number of aryl methyl sites for hydroxylation is 1. The van der Waals surface area contributed by atoms with Crippen LogP contribution in [0.2, 0.25) is 0 Å². The highest BCUT2D eigenvalue weighted by molar-refractivity contribution is 4.99.